The smallest absolute Gasteiger partial charge is 0.260 e. The standard InChI is InChI=1S/C13H7F2N3OS/c14-10-7(5-6-16-11(10)15)12(19)18-13-17-8-3-1-2-4-9(8)20-13/h1-6H,(H,17,18,19). The maximum atomic E-state index is 13.4. The molecule has 0 fully saturated rings. The van der Waals surface area contributed by atoms with Gasteiger partial charge in [0.15, 0.2) is 10.9 Å². The summed E-state index contributed by atoms with van der Waals surface area (Å²) < 4.78 is 27.3. The van der Waals surface area contributed by atoms with Gasteiger partial charge in [0, 0.05) is 6.20 Å². The molecule has 1 aromatic carbocycles. The Morgan fingerprint density at radius 1 is 1.20 bits per heavy atom. The van der Waals surface area contributed by atoms with Crippen molar-refractivity contribution in [3.63, 3.8) is 0 Å². The van der Waals surface area contributed by atoms with Crippen LogP contribution in [0.15, 0.2) is 36.5 Å². The molecule has 4 nitrogen and oxygen atoms in total. The van der Waals surface area contributed by atoms with Crippen molar-refractivity contribution in [1.82, 2.24) is 9.97 Å². The van der Waals surface area contributed by atoms with Crippen molar-refractivity contribution in [2.75, 3.05) is 5.32 Å². The third-order valence-electron chi connectivity index (χ3n) is 2.61. The molecule has 2 heterocycles. The van der Waals surface area contributed by atoms with Crippen LogP contribution in [0.3, 0.4) is 0 Å². The molecule has 0 saturated carbocycles. The number of halogens is 2. The molecular weight excluding hydrogens is 284 g/mol. The van der Waals surface area contributed by atoms with Gasteiger partial charge in [-0.1, -0.05) is 23.5 Å². The van der Waals surface area contributed by atoms with Crippen molar-refractivity contribution in [3.05, 3.63) is 53.9 Å². The maximum absolute atomic E-state index is 13.4. The van der Waals surface area contributed by atoms with Crippen LogP contribution in [0.25, 0.3) is 10.2 Å². The number of rotatable bonds is 2. The lowest BCUT2D eigenvalue weighted by Crippen LogP contribution is -2.14. The predicted molar refractivity (Wildman–Crippen MR) is 71.7 cm³/mol. The summed E-state index contributed by atoms with van der Waals surface area (Å²) in [5.74, 6) is -3.34. The summed E-state index contributed by atoms with van der Waals surface area (Å²) in [5.41, 5.74) is 0.325. The molecule has 100 valence electrons. The summed E-state index contributed by atoms with van der Waals surface area (Å²) >= 11 is 1.26. The van der Waals surface area contributed by atoms with Gasteiger partial charge in [-0.15, -0.1) is 0 Å². The van der Waals surface area contributed by atoms with Gasteiger partial charge in [0.1, 0.15) is 0 Å². The third kappa shape index (κ3) is 2.23. The number of nitrogens with one attached hydrogen (secondary N) is 1. The molecule has 0 atom stereocenters. The van der Waals surface area contributed by atoms with E-state index in [4.69, 9.17) is 0 Å². The minimum atomic E-state index is -1.30. The Bertz CT molecular complexity index is 770. The minimum Gasteiger partial charge on any atom is -0.298 e. The molecule has 1 N–H and O–H groups in total. The quantitative estimate of drug-likeness (QED) is 0.738. The summed E-state index contributed by atoms with van der Waals surface area (Å²) in [7, 11) is 0. The molecule has 0 aliphatic heterocycles. The first-order valence-corrected chi connectivity index (χ1v) is 6.44. The second kappa shape index (κ2) is 4.93. The highest BCUT2D eigenvalue weighted by Crippen LogP contribution is 2.25. The molecule has 3 aromatic rings. The summed E-state index contributed by atoms with van der Waals surface area (Å²) in [6.07, 6.45) is 1.03. The number of carbonyl (C=O) groups excluding carboxylic acids is 1. The fourth-order valence-electron chi connectivity index (χ4n) is 1.68. The van der Waals surface area contributed by atoms with Crippen molar-refractivity contribution in [1.29, 1.82) is 0 Å². The molecule has 20 heavy (non-hydrogen) atoms. The van der Waals surface area contributed by atoms with Crippen LogP contribution in [0.5, 0.6) is 0 Å². The Morgan fingerprint density at radius 3 is 2.80 bits per heavy atom. The van der Waals surface area contributed by atoms with Gasteiger partial charge >= 0.3 is 0 Å². The fourth-order valence-corrected chi connectivity index (χ4v) is 2.54. The highest BCUT2D eigenvalue weighted by atomic mass is 32.1. The van der Waals surface area contributed by atoms with E-state index in [1.54, 1.807) is 6.07 Å². The lowest BCUT2D eigenvalue weighted by Gasteiger charge is -2.02. The van der Waals surface area contributed by atoms with Crippen molar-refractivity contribution in [2.45, 2.75) is 0 Å². The van der Waals surface area contributed by atoms with Gasteiger partial charge in [-0.3, -0.25) is 10.1 Å². The minimum absolute atomic E-state index is 0.327. The van der Waals surface area contributed by atoms with E-state index in [0.29, 0.717) is 5.13 Å². The molecule has 0 aliphatic carbocycles. The summed E-state index contributed by atoms with van der Waals surface area (Å²) in [5, 5.41) is 2.78. The first-order chi connectivity index (χ1) is 9.65. The van der Waals surface area contributed by atoms with E-state index in [1.807, 2.05) is 18.2 Å². The zero-order valence-electron chi connectivity index (χ0n) is 9.93. The van der Waals surface area contributed by atoms with E-state index in [-0.39, 0.29) is 0 Å². The number of anilines is 1. The number of pyridine rings is 1. The highest BCUT2D eigenvalue weighted by Gasteiger charge is 2.17. The second-order valence-corrected chi connectivity index (χ2v) is 4.93. The lowest BCUT2D eigenvalue weighted by atomic mass is 10.2. The van der Waals surface area contributed by atoms with Gasteiger partial charge in [-0.2, -0.15) is 4.39 Å². The summed E-state index contributed by atoms with van der Waals surface area (Å²) in [4.78, 5) is 19.2. The second-order valence-electron chi connectivity index (χ2n) is 3.90. The molecule has 7 heteroatoms. The van der Waals surface area contributed by atoms with Gasteiger partial charge in [-0.05, 0) is 18.2 Å². The number of fused-ring (bicyclic) bond motifs is 1. The van der Waals surface area contributed by atoms with Gasteiger partial charge in [-0.25, -0.2) is 14.4 Å². The first kappa shape index (κ1) is 12.6. The molecule has 0 spiro atoms. The number of hydrogen-bond acceptors (Lipinski definition) is 4. The summed E-state index contributed by atoms with van der Waals surface area (Å²) in [6.45, 7) is 0. The van der Waals surface area contributed by atoms with Crippen molar-refractivity contribution in [2.24, 2.45) is 0 Å². The Kier molecular flexibility index (Phi) is 3.11. The lowest BCUT2D eigenvalue weighted by molar-refractivity contribution is 0.102. The van der Waals surface area contributed by atoms with Gasteiger partial charge in [0.25, 0.3) is 5.91 Å². The van der Waals surface area contributed by atoms with Gasteiger partial charge in [0.2, 0.25) is 5.95 Å². The van der Waals surface area contributed by atoms with Crippen LogP contribution in [0.1, 0.15) is 10.4 Å². The normalized spacial score (nSPS) is 10.7. The third-order valence-corrected chi connectivity index (χ3v) is 3.56. The van der Waals surface area contributed by atoms with Crippen LogP contribution >= 0.6 is 11.3 Å². The number of amides is 1. The predicted octanol–water partition coefficient (Wildman–Crippen LogP) is 3.22. The van der Waals surface area contributed by atoms with Crippen LogP contribution in [-0.2, 0) is 0 Å². The van der Waals surface area contributed by atoms with Crippen LogP contribution in [0.4, 0.5) is 13.9 Å². The molecule has 2 aromatic heterocycles. The number of hydrogen-bond donors (Lipinski definition) is 1. The van der Waals surface area contributed by atoms with Gasteiger partial charge in [0.05, 0.1) is 15.8 Å². The molecule has 0 bridgehead atoms. The van der Waals surface area contributed by atoms with E-state index in [1.165, 1.54) is 11.3 Å². The van der Waals surface area contributed by atoms with Gasteiger partial charge < -0.3 is 0 Å². The molecule has 0 radical (unpaired) electrons. The average molecular weight is 291 g/mol. The molecule has 1 amide bonds. The van der Waals surface area contributed by atoms with Crippen molar-refractivity contribution in [3.8, 4) is 0 Å². The zero-order chi connectivity index (χ0) is 14.1. The van der Waals surface area contributed by atoms with Crippen LogP contribution < -0.4 is 5.32 Å². The van der Waals surface area contributed by atoms with Crippen molar-refractivity contribution >= 4 is 32.6 Å². The SMILES string of the molecule is O=C(Nc1nc2ccccc2s1)c1ccnc(F)c1F. The van der Waals surface area contributed by atoms with E-state index < -0.39 is 23.2 Å². The number of nitrogens with zero attached hydrogens (tertiary/aromatic N) is 2. The molecule has 3 rings (SSSR count). The Labute approximate surface area is 116 Å². The van der Waals surface area contributed by atoms with Crippen LogP contribution in [0.2, 0.25) is 0 Å². The Hall–Kier alpha value is -2.41. The van der Waals surface area contributed by atoms with Crippen molar-refractivity contribution < 1.29 is 13.6 Å². The average Bonchev–Trinajstić information content (AvgIpc) is 2.83. The number of thiazole rings is 1. The Morgan fingerprint density at radius 2 is 2.00 bits per heavy atom. The summed E-state index contributed by atoms with van der Waals surface area (Å²) in [6, 6.07) is 8.44. The van der Waals surface area contributed by atoms with Crippen LogP contribution in [-0.4, -0.2) is 15.9 Å². The zero-order valence-corrected chi connectivity index (χ0v) is 10.7. The highest BCUT2D eigenvalue weighted by molar-refractivity contribution is 7.22. The number of para-hydroxylation sites is 1. The largest absolute Gasteiger partial charge is 0.298 e. The van der Waals surface area contributed by atoms with Crippen LogP contribution in [0, 0.1) is 11.8 Å². The number of aromatic nitrogens is 2. The molecule has 0 unspecified atom stereocenters. The monoisotopic (exact) mass is 291 g/mol. The van der Waals surface area contributed by atoms with E-state index in [9.17, 15) is 13.6 Å². The maximum Gasteiger partial charge on any atom is 0.260 e. The molecule has 0 aliphatic rings. The van der Waals surface area contributed by atoms with E-state index >= 15 is 0 Å². The number of carbonyl (C=O) groups is 1. The number of benzene rings is 1. The topological polar surface area (TPSA) is 54.9 Å². The molecular formula is C13H7F2N3OS. The Balaban J connectivity index is 1.90. The molecule has 0 saturated heterocycles. The first-order valence-electron chi connectivity index (χ1n) is 5.62. The fraction of sp³-hybridized carbons (Fsp3) is 0. The van der Waals surface area contributed by atoms with E-state index in [2.05, 4.69) is 15.3 Å². The van der Waals surface area contributed by atoms with E-state index in [0.717, 1.165) is 22.5 Å².